The van der Waals surface area contributed by atoms with Crippen molar-refractivity contribution in [2.75, 3.05) is 10.8 Å². The topological polar surface area (TPSA) is 49.4 Å². The predicted octanol–water partition coefficient (Wildman–Crippen LogP) is 3.81. The molecule has 1 saturated heterocycles. The van der Waals surface area contributed by atoms with E-state index in [4.69, 9.17) is 0 Å². The molecule has 0 saturated carbocycles. The third kappa shape index (κ3) is 2.49. The molecule has 2 aromatic carbocycles. The van der Waals surface area contributed by atoms with Crippen LogP contribution in [0.2, 0.25) is 0 Å². The Labute approximate surface area is 155 Å². The van der Waals surface area contributed by atoms with Crippen LogP contribution in [0.3, 0.4) is 0 Å². The van der Waals surface area contributed by atoms with Gasteiger partial charge in [0.2, 0.25) is 0 Å². The summed E-state index contributed by atoms with van der Waals surface area (Å²) in [4.78, 5) is 0.335. The van der Waals surface area contributed by atoms with Gasteiger partial charge in [0.25, 0.3) is 10.0 Å². The minimum Gasteiger partial charge on any atom is -0.296 e. The van der Waals surface area contributed by atoms with Crippen LogP contribution in [-0.2, 0) is 15.4 Å². The minimum atomic E-state index is -3.63. The van der Waals surface area contributed by atoms with E-state index in [1.807, 2.05) is 24.3 Å². The Morgan fingerprint density at radius 2 is 1.85 bits per heavy atom. The Balaban J connectivity index is 1.89. The van der Waals surface area contributed by atoms with E-state index in [1.165, 1.54) is 5.57 Å². The van der Waals surface area contributed by atoms with E-state index in [0.717, 1.165) is 30.6 Å². The van der Waals surface area contributed by atoms with Crippen LogP contribution in [0, 0.1) is 0 Å². The zero-order valence-electron chi connectivity index (χ0n) is 15.1. The second-order valence-electron chi connectivity index (χ2n) is 7.38. The fraction of sp³-hybridized carbons (Fsp3) is 0.333. The van der Waals surface area contributed by atoms with Gasteiger partial charge in [0.1, 0.15) is 6.17 Å². The van der Waals surface area contributed by atoms with Crippen molar-refractivity contribution in [3.05, 3.63) is 71.8 Å². The lowest BCUT2D eigenvalue weighted by Gasteiger charge is -2.32. The molecule has 26 heavy (non-hydrogen) atoms. The molecule has 0 amide bonds. The van der Waals surface area contributed by atoms with Crippen LogP contribution >= 0.6 is 0 Å². The highest BCUT2D eigenvalue weighted by atomic mass is 32.2. The maximum absolute atomic E-state index is 13.5. The molecule has 2 aliphatic rings. The second-order valence-corrected chi connectivity index (χ2v) is 9.19. The molecule has 1 fully saturated rings. The lowest BCUT2D eigenvalue weighted by atomic mass is 9.76. The van der Waals surface area contributed by atoms with E-state index in [9.17, 15) is 8.42 Å². The monoisotopic (exact) mass is 368 g/mol. The largest absolute Gasteiger partial charge is 0.296 e. The number of allylic oxidation sites excluding steroid dienone is 2. The molecule has 0 bridgehead atoms. The molecule has 136 valence electrons. The number of para-hydroxylation sites is 1. The summed E-state index contributed by atoms with van der Waals surface area (Å²) in [7, 11) is -3.63. The van der Waals surface area contributed by atoms with Gasteiger partial charge in [0.05, 0.1) is 10.6 Å². The first kappa shape index (κ1) is 17.3. The van der Waals surface area contributed by atoms with Crippen LogP contribution in [0.4, 0.5) is 5.69 Å². The SMILES string of the molecule is CC(C)=CCC12CCNC1N(S(=O)(=O)c1ccccc1)c1ccccc12. The van der Waals surface area contributed by atoms with Gasteiger partial charge in [-0.2, -0.15) is 0 Å². The highest BCUT2D eigenvalue weighted by Crippen LogP contribution is 2.53. The normalized spacial score (nSPS) is 24.2. The summed E-state index contributed by atoms with van der Waals surface area (Å²) in [5, 5.41) is 3.47. The summed E-state index contributed by atoms with van der Waals surface area (Å²) >= 11 is 0. The summed E-state index contributed by atoms with van der Waals surface area (Å²) in [5.74, 6) is 0. The average molecular weight is 369 g/mol. The molecule has 2 aromatic rings. The molecule has 2 atom stereocenters. The average Bonchev–Trinajstić information content (AvgIpc) is 3.16. The first-order valence-electron chi connectivity index (χ1n) is 9.02. The minimum absolute atomic E-state index is 0.213. The molecule has 4 nitrogen and oxygen atoms in total. The maximum Gasteiger partial charge on any atom is 0.265 e. The van der Waals surface area contributed by atoms with Crippen LogP contribution in [0.15, 0.2) is 71.1 Å². The van der Waals surface area contributed by atoms with Crippen molar-refractivity contribution >= 4 is 15.7 Å². The summed E-state index contributed by atoms with van der Waals surface area (Å²) in [6.45, 7) is 5.00. The number of nitrogens with zero attached hydrogens (tertiary/aromatic N) is 1. The Morgan fingerprint density at radius 3 is 2.58 bits per heavy atom. The molecule has 5 heteroatoms. The summed E-state index contributed by atoms with van der Waals surface area (Å²) in [6.07, 6.45) is 3.75. The lowest BCUT2D eigenvalue weighted by Crippen LogP contribution is -2.50. The molecule has 2 unspecified atom stereocenters. The van der Waals surface area contributed by atoms with E-state index in [-0.39, 0.29) is 11.6 Å². The highest BCUT2D eigenvalue weighted by molar-refractivity contribution is 7.92. The van der Waals surface area contributed by atoms with Crippen molar-refractivity contribution in [1.82, 2.24) is 5.32 Å². The Morgan fingerprint density at radius 1 is 1.15 bits per heavy atom. The van der Waals surface area contributed by atoms with Crippen LogP contribution in [0.25, 0.3) is 0 Å². The van der Waals surface area contributed by atoms with E-state index in [2.05, 4.69) is 31.3 Å². The van der Waals surface area contributed by atoms with Gasteiger partial charge in [-0.15, -0.1) is 0 Å². The number of anilines is 1. The van der Waals surface area contributed by atoms with Crippen molar-refractivity contribution < 1.29 is 8.42 Å². The van der Waals surface area contributed by atoms with Crippen molar-refractivity contribution in [2.24, 2.45) is 0 Å². The number of sulfonamides is 1. The van der Waals surface area contributed by atoms with Gasteiger partial charge in [-0.3, -0.25) is 5.32 Å². The molecule has 0 spiro atoms. The number of benzene rings is 2. The van der Waals surface area contributed by atoms with E-state index in [0.29, 0.717) is 4.90 Å². The molecule has 0 radical (unpaired) electrons. The van der Waals surface area contributed by atoms with Crippen molar-refractivity contribution in [3.63, 3.8) is 0 Å². The highest BCUT2D eigenvalue weighted by Gasteiger charge is 2.56. The van der Waals surface area contributed by atoms with Crippen molar-refractivity contribution in [1.29, 1.82) is 0 Å². The summed E-state index contributed by atoms with van der Waals surface area (Å²) in [6, 6.07) is 16.7. The molecule has 0 aromatic heterocycles. The predicted molar refractivity (Wildman–Crippen MR) is 105 cm³/mol. The van der Waals surface area contributed by atoms with Gasteiger partial charge in [0, 0.05) is 5.41 Å². The van der Waals surface area contributed by atoms with Gasteiger partial charge in [-0.25, -0.2) is 12.7 Å². The molecular weight excluding hydrogens is 344 g/mol. The molecule has 1 N–H and O–H groups in total. The van der Waals surface area contributed by atoms with E-state index < -0.39 is 10.0 Å². The molecule has 4 rings (SSSR count). The quantitative estimate of drug-likeness (QED) is 0.835. The Kier molecular flexibility index (Phi) is 4.16. The maximum atomic E-state index is 13.5. The first-order valence-corrected chi connectivity index (χ1v) is 10.5. The number of fused-ring (bicyclic) bond motifs is 3. The lowest BCUT2D eigenvalue weighted by molar-refractivity contribution is 0.405. The molecule has 2 heterocycles. The summed E-state index contributed by atoms with van der Waals surface area (Å²) in [5.41, 5.74) is 2.98. The third-order valence-corrected chi connectivity index (χ3v) is 7.31. The van der Waals surface area contributed by atoms with Gasteiger partial charge in [-0.1, -0.05) is 48.0 Å². The van der Waals surface area contributed by atoms with Gasteiger partial charge in [-0.05, 0) is 57.0 Å². The van der Waals surface area contributed by atoms with Crippen LogP contribution in [-0.4, -0.2) is 21.1 Å². The van der Waals surface area contributed by atoms with E-state index in [1.54, 1.807) is 28.6 Å². The van der Waals surface area contributed by atoms with Gasteiger partial charge >= 0.3 is 0 Å². The zero-order chi connectivity index (χ0) is 18.4. The van der Waals surface area contributed by atoms with Gasteiger partial charge < -0.3 is 0 Å². The van der Waals surface area contributed by atoms with Gasteiger partial charge in [0.15, 0.2) is 0 Å². The molecule has 0 aliphatic carbocycles. The fourth-order valence-electron chi connectivity index (χ4n) is 4.26. The number of nitrogens with one attached hydrogen (secondary N) is 1. The first-order chi connectivity index (χ1) is 12.5. The third-order valence-electron chi connectivity index (χ3n) is 5.52. The smallest absolute Gasteiger partial charge is 0.265 e. The number of hydrogen-bond acceptors (Lipinski definition) is 3. The Bertz CT molecular complexity index is 949. The number of rotatable bonds is 4. The van der Waals surface area contributed by atoms with Crippen molar-refractivity contribution in [3.8, 4) is 0 Å². The summed E-state index contributed by atoms with van der Waals surface area (Å²) < 4.78 is 28.6. The standard InChI is InChI=1S/C21H24N2O2S/c1-16(2)12-13-21-14-15-22-20(21)23(19-11-7-6-10-18(19)21)26(24,25)17-8-4-3-5-9-17/h3-12,20,22H,13-15H2,1-2H3. The second kappa shape index (κ2) is 6.25. The molecule has 2 aliphatic heterocycles. The fourth-order valence-corrected chi connectivity index (χ4v) is 5.96. The van der Waals surface area contributed by atoms with Crippen LogP contribution < -0.4 is 9.62 Å². The van der Waals surface area contributed by atoms with Crippen LogP contribution in [0.5, 0.6) is 0 Å². The zero-order valence-corrected chi connectivity index (χ0v) is 16.0. The number of hydrogen-bond donors (Lipinski definition) is 1. The molecular formula is C21H24N2O2S. The Hall–Kier alpha value is -2.11. The van der Waals surface area contributed by atoms with Crippen LogP contribution in [0.1, 0.15) is 32.3 Å². The van der Waals surface area contributed by atoms with E-state index >= 15 is 0 Å². The van der Waals surface area contributed by atoms with Crippen molar-refractivity contribution in [2.45, 2.75) is 43.2 Å².